The predicted molar refractivity (Wildman–Crippen MR) is 139 cm³/mol. The molecule has 1 aromatic heterocycles. The van der Waals surface area contributed by atoms with E-state index in [1.807, 2.05) is 13.0 Å². The van der Waals surface area contributed by atoms with Crippen LogP contribution in [0.4, 0.5) is 5.13 Å². The van der Waals surface area contributed by atoms with E-state index < -0.39 is 17.7 Å². The Bertz CT molecular complexity index is 1610. The number of aromatic hydroxyl groups is 1. The highest BCUT2D eigenvalue weighted by atomic mass is 32.1. The van der Waals surface area contributed by atoms with Crippen LogP contribution in [0.2, 0.25) is 0 Å². The molecule has 2 atom stereocenters. The lowest BCUT2D eigenvalue weighted by atomic mass is 9.94. The van der Waals surface area contributed by atoms with E-state index in [0.717, 1.165) is 16.0 Å². The molecule has 0 spiro atoms. The largest absolute Gasteiger partial charge is 0.508 e. The number of thiazole rings is 1. The Hall–Kier alpha value is -4.37. The van der Waals surface area contributed by atoms with Crippen molar-refractivity contribution < 1.29 is 29.3 Å². The second kappa shape index (κ2) is 8.63. The number of ether oxygens (including phenoxy) is 2. The number of anilines is 1. The van der Waals surface area contributed by atoms with Crippen LogP contribution in [0.3, 0.4) is 0 Å². The number of hydrogen-bond donors (Lipinski definition) is 2. The van der Waals surface area contributed by atoms with Gasteiger partial charge in [-0.2, -0.15) is 0 Å². The van der Waals surface area contributed by atoms with Crippen LogP contribution in [0.5, 0.6) is 17.2 Å². The Balaban J connectivity index is 1.52. The van der Waals surface area contributed by atoms with Gasteiger partial charge in [0.05, 0.1) is 28.9 Å². The quantitative estimate of drug-likeness (QED) is 0.225. The molecule has 2 aliphatic heterocycles. The second-order valence-electron chi connectivity index (χ2n) is 9.05. The van der Waals surface area contributed by atoms with E-state index in [1.54, 1.807) is 49.6 Å². The van der Waals surface area contributed by atoms with E-state index >= 15 is 0 Å². The first-order chi connectivity index (χ1) is 17.8. The molecule has 1 fully saturated rings. The fourth-order valence-corrected chi connectivity index (χ4v) is 5.87. The molecule has 2 unspecified atom stereocenters. The average Bonchev–Trinajstić information content (AvgIpc) is 3.55. The van der Waals surface area contributed by atoms with Gasteiger partial charge in [0.2, 0.25) is 0 Å². The summed E-state index contributed by atoms with van der Waals surface area (Å²) < 4.78 is 11.8. The van der Waals surface area contributed by atoms with E-state index in [-0.39, 0.29) is 23.2 Å². The molecule has 1 saturated heterocycles. The summed E-state index contributed by atoms with van der Waals surface area (Å²) >= 11 is 1.25. The van der Waals surface area contributed by atoms with Crippen molar-refractivity contribution in [3.05, 3.63) is 82.9 Å². The first-order valence-corrected chi connectivity index (χ1v) is 12.5. The normalized spacial score (nSPS) is 20.3. The van der Waals surface area contributed by atoms with E-state index in [2.05, 4.69) is 4.98 Å². The van der Waals surface area contributed by atoms with E-state index in [4.69, 9.17) is 9.47 Å². The summed E-state index contributed by atoms with van der Waals surface area (Å²) in [5, 5.41) is 21.6. The molecule has 3 aromatic carbocycles. The van der Waals surface area contributed by atoms with Crippen molar-refractivity contribution >= 4 is 44.1 Å². The van der Waals surface area contributed by atoms with Gasteiger partial charge in [0, 0.05) is 12.0 Å². The van der Waals surface area contributed by atoms with Crippen LogP contribution >= 0.6 is 11.3 Å². The summed E-state index contributed by atoms with van der Waals surface area (Å²) in [4.78, 5) is 32.8. The number of aliphatic hydroxyl groups excluding tert-OH is 1. The number of amides is 1. The van der Waals surface area contributed by atoms with E-state index in [0.29, 0.717) is 33.9 Å². The second-order valence-corrected chi connectivity index (χ2v) is 10.1. The third kappa shape index (κ3) is 3.79. The van der Waals surface area contributed by atoms with Crippen LogP contribution < -0.4 is 14.4 Å². The highest BCUT2D eigenvalue weighted by Crippen LogP contribution is 2.45. The van der Waals surface area contributed by atoms with Crippen molar-refractivity contribution in [2.24, 2.45) is 0 Å². The number of ketones is 1. The zero-order valence-corrected chi connectivity index (χ0v) is 20.8. The molecule has 9 heteroatoms. The SMILES string of the molecule is COc1ccc2nc(N3C(=O)C(=O)C(=C(O)c4ccc5c(c4)CC(C)O5)C3c3ccc(O)cc3)sc2c1. The van der Waals surface area contributed by atoms with Gasteiger partial charge in [-0.3, -0.25) is 14.5 Å². The molecular weight excluding hydrogens is 492 g/mol. The lowest BCUT2D eigenvalue weighted by Gasteiger charge is -2.23. The summed E-state index contributed by atoms with van der Waals surface area (Å²) in [7, 11) is 1.57. The smallest absolute Gasteiger partial charge is 0.301 e. The van der Waals surface area contributed by atoms with Crippen molar-refractivity contribution in [1.29, 1.82) is 0 Å². The number of carbonyl (C=O) groups is 2. The molecule has 2 N–H and O–H groups in total. The predicted octanol–water partition coefficient (Wildman–Crippen LogP) is 4.96. The van der Waals surface area contributed by atoms with E-state index in [1.165, 1.54) is 28.4 Å². The number of aromatic nitrogens is 1. The third-order valence-corrected chi connectivity index (χ3v) is 7.63. The molecule has 6 rings (SSSR count). The molecule has 8 nitrogen and oxygen atoms in total. The summed E-state index contributed by atoms with van der Waals surface area (Å²) in [6.45, 7) is 1.96. The van der Waals surface area contributed by atoms with Gasteiger partial charge in [0.25, 0.3) is 5.78 Å². The number of phenolic OH excluding ortho intramolecular Hbond substituents is 1. The van der Waals surface area contributed by atoms with Gasteiger partial charge in [0.15, 0.2) is 5.13 Å². The zero-order chi connectivity index (χ0) is 25.8. The lowest BCUT2D eigenvalue weighted by Crippen LogP contribution is -2.29. The van der Waals surface area contributed by atoms with Crippen molar-refractivity contribution in [3.8, 4) is 17.2 Å². The maximum absolute atomic E-state index is 13.4. The number of hydrogen-bond acceptors (Lipinski definition) is 8. The summed E-state index contributed by atoms with van der Waals surface area (Å²) in [6.07, 6.45) is 0.703. The third-order valence-electron chi connectivity index (χ3n) is 6.61. The van der Waals surface area contributed by atoms with Crippen molar-refractivity contribution in [2.75, 3.05) is 12.0 Å². The fourth-order valence-electron chi connectivity index (χ4n) is 4.85. The summed E-state index contributed by atoms with van der Waals surface area (Å²) in [5.74, 6) is -0.440. The van der Waals surface area contributed by atoms with Crippen molar-refractivity contribution in [1.82, 2.24) is 4.98 Å². The molecule has 0 bridgehead atoms. The number of nitrogens with zero attached hydrogens (tertiary/aromatic N) is 2. The van der Waals surface area contributed by atoms with Crippen LogP contribution in [0, 0.1) is 0 Å². The van der Waals surface area contributed by atoms with Gasteiger partial charge in [-0.25, -0.2) is 4.98 Å². The summed E-state index contributed by atoms with van der Waals surface area (Å²) in [6, 6.07) is 15.9. The van der Waals surface area contributed by atoms with Gasteiger partial charge in [-0.15, -0.1) is 0 Å². The Kier molecular flexibility index (Phi) is 5.38. The number of carbonyl (C=O) groups excluding carboxylic acids is 2. The zero-order valence-electron chi connectivity index (χ0n) is 20.0. The van der Waals surface area contributed by atoms with Crippen LogP contribution in [-0.2, 0) is 16.0 Å². The van der Waals surface area contributed by atoms with Crippen molar-refractivity contribution in [2.45, 2.75) is 25.5 Å². The van der Waals surface area contributed by atoms with Crippen LogP contribution in [0.15, 0.2) is 66.2 Å². The lowest BCUT2D eigenvalue weighted by molar-refractivity contribution is -0.132. The number of phenols is 1. The molecule has 186 valence electrons. The molecule has 4 aromatic rings. The molecule has 0 saturated carbocycles. The maximum atomic E-state index is 13.4. The van der Waals surface area contributed by atoms with Crippen LogP contribution in [-0.4, -0.2) is 40.1 Å². The minimum atomic E-state index is -0.938. The number of aliphatic hydroxyl groups is 1. The maximum Gasteiger partial charge on any atom is 0.301 e. The molecular formula is C28H22N2O6S. The van der Waals surface area contributed by atoms with Crippen LogP contribution in [0.25, 0.3) is 16.0 Å². The van der Waals surface area contributed by atoms with Gasteiger partial charge in [-0.1, -0.05) is 23.5 Å². The van der Waals surface area contributed by atoms with E-state index in [9.17, 15) is 19.8 Å². The van der Waals surface area contributed by atoms with Gasteiger partial charge >= 0.3 is 5.91 Å². The Labute approximate surface area is 216 Å². The molecule has 2 aliphatic rings. The molecule has 1 amide bonds. The van der Waals surface area contributed by atoms with Gasteiger partial charge in [-0.05, 0) is 66.6 Å². The monoisotopic (exact) mass is 514 g/mol. The standard InChI is InChI=1S/C28H22N2O6S/c1-14-11-17-12-16(5-10-21(17)36-14)25(32)23-24(15-3-6-18(31)7-4-15)30(27(34)26(23)33)28-29-20-9-8-19(35-2)13-22(20)37-28/h3-10,12-14,24,31-32H,11H2,1-2H3. The Morgan fingerprint density at radius 3 is 2.65 bits per heavy atom. The van der Waals surface area contributed by atoms with Crippen LogP contribution in [0.1, 0.15) is 29.7 Å². The number of methoxy groups -OCH3 is 1. The minimum absolute atomic E-state index is 0.0210. The number of rotatable bonds is 4. The summed E-state index contributed by atoms with van der Waals surface area (Å²) in [5.41, 5.74) is 2.51. The fraction of sp³-hybridized carbons (Fsp3) is 0.179. The number of fused-ring (bicyclic) bond motifs is 2. The Morgan fingerprint density at radius 1 is 1.11 bits per heavy atom. The van der Waals surface area contributed by atoms with Gasteiger partial charge in [0.1, 0.15) is 29.1 Å². The topological polar surface area (TPSA) is 109 Å². The molecule has 3 heterocycles. The molecule has 0 aliphatic carbocycles. The first-order valence-electron chi connectivity index (χ1n) is 11.7. The molecule has 37 heavy (non-hydrogen) atoms. The number of benzene rings is 3. The molecule has 0 radical (unpaired) electrons. The highest BCUT2D eigenvalue weighted by Gasteiger charge is 2.48. The van der Waals surface area contributed by atoms with Gasteiger partial charge < -0.3 is 19.7 Å². The first kappa shape index (κ1) is 23.1. The number of Topliss-reactive ketones (excluding diaryl/α,β-unsaturated/α-hetero) is 1. The van der Waals surface area contributed by atoms with Crippen molar-refractivity contribution in [3.63, 3.8) is 0 Å². The average molecular weight is 515 g/mol. The highest BCUT2D eigenvalue weighted by molar-refractivity contribution is 7.22. The Morgan fingerprint density at radius 2 is 1.89 bits per heavy atom. The minimum Gasteiger partial charge on any atom is -0.508 e.